The van der Waals surface area contributed by atoms with Gasteiger partial charge in [-0.25, -0.2) is 13.8 Å². The number of alkyl halides is 2. The summed E-state index contributed by atoms with van der Waals surface area (Å²) in [4.78, 5) is 4.04. The van der Waals surface area contributed by atoms with Crippen molar-refractivity contribution >= 4 is 0 Å². The molecule has 0 radical (unpaired) electrons. The maximum Gasteiger partial charge on any atom is 0.252 e. The maximum atomic E-state index is 12.7. The average molecular weight is 202 g/mol. The molecule has 0 spiro atoms. The minimum absolute atomic E-state index is 0.235. The molecule has 0 saturated heterocycles. The van der Waals surface area contributed by atoms with Gasteiger partial charge < -0.3 is 10.2 Å². The van der Waals surface area contributed by atoms with E-state index in [4.69, 9.17) is 10.2 Å². The number of hydrogen-bond donors (Lipinski definition) is 1. The van der Waals surface area contributed by atoms with E-state index in [2.05, 4.69) is 4.98 Å². The molecule has 5 heteroatoms. The van der Waals surface area contributed by atoms with Gasteiger partial charge in [-0.05, 0) is 13.8 Å². The summed E-state index contributed by atoms with van der Waals surface area (Å²) < 4.78 is 30.6. The van der Waals surface area contributed by atoms with Crippen molar-refractivity contribution < 1.29 is 13.2 Å². The van der Waals surface area contributed by atoms with Gasteiger partial charge in [-0.2, -0.15) is 0 Å². The molecule has 2 N–H and O–H groups in total. The number of nitrogens with zero attached hydrogens (tertiary/aromatic N) is 1. The Morgan fingerprint density at radius 3 is 2.29 bits per heavy atom. The smallest absolute Gasteiger partial charge is 0.252 e. The third kappa shape index (κ3) is 1.32. The Kier molecular flexibility index (Phi) is 1.73. The molecule has 78 valence electrons. The number of aromatic nitrogens is 1. The van der Waals surface area contributed by atoms with E-state index in [9.17, 15) is 8.78 Å². The zero-order chi connectivity index (χ0) is 10.6. The summed E-state index contributed by atoms with van der Waals surface area (Å²) in [7, 11) is 0. The van der Waals surface area contributed by atoms with E-state index >= 15 is 0 Å². The molecule has 1 fully saturated rings. The van der Waals surface area contributed by atoms with Crippen LogP contribution in [0.1, 0.15) is 30.2 Å². The first kappa shape index (κ1) is 9.58. The lowest BCUT2D eigenvalue weighted by atomic mass is 9.74. The topological polar surface area (TPSA) is 52.0 Å². The van der Waals surface area contributed by atoms with Gasteiger partial charge in [0.05, 0.1) is 5.69 Å². The van der Waals surface area contributed by atoms with Crippen LogP contribution < -0.4 is 5.73 Å². The zero-order valence-corrected chi connectivity index (χ0v) is 8.10. The summed E-state index contributed by atoms with van der Waals surface area (Å²) in [5, 5.41) is 0. The van der Waals surface area contributed by atoms with Crippen molar-refractivity contribution in [2.45, 2.75) is 38.2 Å². The minimum atomic E-state index is -2.66. The third-order valence-corrected chi connectivity index (χ3v) is 2.60. The van der Waals surface area contributed by atoms with Crippen LogP contribution in [0, 0.1) is 13.8 Å². The van der Waals surface area contributed by atoms with E-state index in [0.717, 1.165) is 0 Å². The van der Waals surface area contributed by atoms with Gasteiger partial charge in [0.1, 0.15) is 11.3 Å². The summed E-state index contributed by atoms with van der Waals surface area (Å²) in [6.45, 7) is 3.51. The lowest BCUT2D eigenvalue weighted by molar-refractivity contribution is -0.132. The Labute approximate surface area is 80.3 Å². The van der Waals surface area contributed by atoms with E-state index in [1.54, 1.807) is 13.8 Å². The van der Waals surface area contributed by atoms with Crippen LogP contribution in [-0.2, 0) is 5.54 Å². The fourth-order valence-corrected chi connectivity index (χ4v) is 1.71. The van der Waals surface area contributed by atoms with Crippen molar-refractivity contribution in [1.29, 1.82) is 0 Å². The second-order valence-electron chi connectivity index (χ2n) is 4.03. The van der Waals surface area contributed by atoms with Crippen LogP contribution in [0.25, 0.3) is 0 Å². The lowest BCUT2D eigenvalue weighted by Crippen LogP contribution is -2.55. The molecule has 3 nitrogen and oxygen atoms in total. The van der Waals surface area contributed by atoms with Crippen LogP contribution >= 0.6 is 0 Å². The molecule has 1 aromatic heterocycles. The van der Waals surface area contributed by atoms with Crippen LogP contribution in [0.5, 0.6) is 0 Å². The van der Waals surface area contributed by atoms with Crippen molar-refractivity contribution in [3.05, 3.63) is 17.3 Å². The predicted octanol–water partition coefficient (Wildman–Crippen LogP) is 1.87. The molecular formula is C9H12F2N2O. The maximum absolute atomic E-state index is 12.7. The number of halogens is 2. The molecule has 0 aromatic carbocycles. The van der Waals surface area contributed by atoms with Crippen LogP contribution in [-0.4, -0.2) is 10.9 Å². The molecule has 1 heterocycles. The predicted molar refractivity (Wildman–Crippen MR) is 46.0 cm³/mol. The first-order valence-electron chi connectivity index (χ1n) is 4.44. The van der Waals surface area contributed by atoms with Crippen molar-refractivity contribution in [3.63, 3.8) is 0 Å². The van der Waals surface area contributed by atoms with E-state index in [-0.39, 0.29) is 18.7 Å². The lowest BCUT2D eigenvalue weighted by Gasteiger charge is -2.41. The number of aryl methyl sites for hydroxylation is 2. The molecule has 1 aliphatic carbocycles. The van der Waals surface area contributed by atoms with E-state index < -0.39 is 11.5 Å². The number of rotatable bonds is 1. The Balaban J connectivity index is 2.25. The fourth-order valence-electron chi connectivity index (χ4n) is 1.71. The van der Waals surface area contributed by atoms with Gasteiger partial charge >= 0.3 is 0 Å². The summed E-state index contributed by atoms with van der Waals surface area (Å²) in [6.07, 6.45) is -0.751. The van der Waals surface area contributed by atoms with E-state index in [1.165, 1.54) is 0 Å². The highest BCUT2D eigenvalue weighted by Crippen LogP contribution is 2.49. The molecule has 0 unspecified atom stereocenters. The first-order chi connectivity index (χ1) is 6.32. The van der Waals surface area contributed by atoms with E-state index in [1.807, 2.05) is 0 Å². The SMILES string of the molecule is Cc1nc(C2(N)CC(F)(F)C2)oc1C. The van der Waals surface area contributed by atoms with Gasteiger partial charge in [0.25, 0.3) is 5.92 Å². The van der Waals surface area contributed by atoms with Gasteiger partial charge in [-0.3, -0.25) is 0 Å². The normalized spacial score (nSPS) is 23.2. The Hall–Kier alpha value is -0.970. The van der Waals surface area contributed by atoms with Crippen molar-refractivity contribution in [2.24, 2.45) is 5.73 Å². The van der Waals surface area contributed by atoms with Crippen molar-refractivity contribution in [2.75, 3.05) is 0 Å². The monoisotopic (exact) mass is 202 g/mol. The average Bonchev–Trinajstić information content (AvgIpc) is 2.28. The van der Waals surface area contributed by atoms with Gasteiger partial charge in [-0.15, -0.1) is 0 Å². The van der Waals surface area contributed by atoms with Crippen LogP contribution in [0.2, 0.25) is 0 Å². The van der Waals surface area contributed by atoms with Crippen molar-refractivity contribution in [1.82, 2.24) is 4.98 Å². The number of hydrogen-bond acceptors (Lipinski definition) is 3. The molecule has 0 atom stereocenters. The summed E-state index contributed by atoms with van der Waals surface area (Å²) in [6, 6.07) is 0. The fraction of sp³-hybridized carbons (Fsp3) is 0.667. The Bertz CT molecular complexity index is 345. The van der Waals surface area contributed by atoms with Gasteiger partial charge in [0.2, 0.25) is 5.89 Å². The first-order valence-corrected chi connectivity index (χ1v) is 4.44. The standard InChI is InChI=1S/C9H12F2N2O/c1-5-6(2)14-7(13-5)8(12)3-9(10,11)4-8/h3-4,12H2,1-2H3. The summed E-state index contributed by atoms with van der Waals surface area (Å²) in [5.41, 5.74) is 5.39. The summed E-state index contributed by atoms with van der Waals surface area (Å²) >= 11 is 0. The van der Waals surface area contributed by atoms with Crippen LogP contribution in [0.4, 0.5) is 8.78 Å². The van der Waals surface area contributed by atoms with Gasteiger partial charge in [0.15, 0.2) is 0 Å². The molecule has 2 rings (SSSR count). The van der Waals surface area contributed by atoms with Crippen molar-refractivity contribution in [3.8, 4) is 0 Å². The molecule has 1 aromatic rings. The highest BCUT2D eigenvalue weighted by molar-refractivity contribution is 5.17. The second kappa shape index (κ2) is 2.53. The molecular weight excluding hydrogens is 190 g/mol. The molecule has 0 bridgehead atoms. The molecule has 14 heavy (non-hydrogen) atoms. The quantitative estimate of drug-likeness (QED) is 0.756. The van der Waals surface area contributed by atoms with Crippen LogP contribution in [0.15, 0.2) is 4.42 Å². The van der Waals surface area contributed by atoms with E-state index in [0.29, 0.717) is 11.5 Å². The molecule has 1 saturated carbocycles. The highest BCUT2D eigenvalue weighted by Gasteiger charge is 2.58. The zero-order valence-electron chi connectivity index (χ0n) is 8.10. The second-order valence-corrected chi connectivity index (χ2v) is 4.03. The Morgan fingerprint density at radius 1 is 1.36 bits per heavy atom. The van der Waals surface area contributed by atoms with Gasteiger partial charge in [0, 0.05) is 12.8 Å². The van der Waals surface area contributed by atoms with Crippen LogP contribution in [0.3, 0.4) is 0 Å². The molecule has 1 aliphatic rings. The number of oxazole rings is 1. The largest absolute Gasteiger partial charge is 0.444 e. The Morgan fingerprint density at radius 2 is 1.93 bits per heavy atom. The summed E-state index contributed by atoms with van der Waals surface area (Å²) in [5.74, 6) is -1.79. The highest BCUT2D eigenvalue weighted by atomic mass is 19.3. The third-order valence-electron chi connectivity index (χ3n) is 2.60. The minimum Gasteiger partial charge on any atom is -0.444 e. The molecule has 0 amide bonds. The molecule has 0 aliphatic heterocycles. The number of nitrogens with two attached hydrogens (primary N) is 1. The van der Waals surface area contributed by atoms with Gasteiger partial charge in [-0.1, -0.05) is 0 Å².